The summed E-state index contributed by atoms with van der Waals surface area (Å²) in [5, 5.41) is 0. The van der Waals surface area contributed by atoms with E-state index in [2.05, 4.69) is 19.1 Å². The molecule has 0 spiro atoms. The molecule has 0 bridgehead atoms. The molecule has 0 saturated heterocycles. The van der Waals surface area contributed by atoms with Crippen LogP contribution in [-0.4, -0.2) is 17.9 Å². The number of allylic oxidation sites excluding steroid dienone is 3. The molecule has 0 fully saturated rings. The van der Waals surface area contributed by atoms with Crippen LogP contribution < -0.4 is 0 Å². The van der Waals surface area contributed by atoms with E-state index in [4.69, 9.17) is 9.47 Å². The lowest BCUT2D eigenvalue weighted by molar-refractivity contribution is -0.142. The standard InChI is InChI=1S/C25H42O4/c1-4-6-7-8-9-10-11-12-13-14-15-16-17-18-19-20-23(26)29-25-21(3)28-22(5-2)24(25)27/h12-13,22H,4-11,14-20H2,1-3H3/b13-12-. The Morgan fingerprint density at radius 3 is 2.00 bits per heavy atom. The van der Waals surface area contributed by atoms with E-state index in [0.717, 1.165) is 25.7 Å². The SMILES string of the molecule is CCCCCCCC/C=C\CCCCCCCC(=O)OC1=C(C)OC(CC)C1=O. The number of unbranched alkanes of at least 4 members (excludes halogenated alkanes) is 11. The number of ketones is 1. The minimum absolute atomic E-state index is 0.106. The van der Waals surface area contributed by atoms with Crippen molar-refractivity contribution in [3.63, 3.8) is 0 Å². The number of rotatable bonds is 17. The van der Waals surface area contributed by atoms with Crippen molar-refractivity contribution in [2.45, 2.75) is 123 Å². The Morgan fingerprint density at radius 1 is 0.897 bits per heavy atom. The highest BCUT2D eigenvalue weighted by Gasteiger charge is 2.34. The van der Waals surface area contributed by atoms with Crippen LogP contribution in [0.15, 0.2) is 23.7 Å². The number of esters is 1. The van der Waals surface area contributed by atoms with Crippen LogP contribution in [0.4, 0.5) is 0 Å². The first-order valence-electron chi connectivity index (χ1n) is 11.9. The van der Waals surface area contributed by atoms with Gasteiger partial charge in [0.2, 0.25) is 11.5 Å². The lowest BCUT2D eigenvalue weighted by Crippen LogP contribution is -2.19. The summed E-state index contributed by atoms with van der Waals surface area (Å²) in [4.78, 5) is 24.0. The number of ether oxygens (including phenoxy) is 2. The molecule has 0 aromatic carbocycles. The third kappa shape index (κ3) is 11.3. The van der Waals surface area contributed by atoms with Crippen molar-refractivity contribution < 1.29 is 19.1 Å². The van der Waals surface area contributed by atoms with Crippen molar-refractivity contribution in [3.8, 4) is 0 Å². The van der Waals surface area contributed by atoms with Crippen molar-refractivity contribution in [3.05, 3.63) is 23.7 Å². The molecule has 0 radical (unpaired) electrons. The second-order valence-corrected chi connectivity index (χ2v) is 8.07. The molecular formula is C25H42O4. The fraction of sp³-hybridized carbons (Fsp3) is 0.760. The molecule has 29 heavy (non-hydrogen) atoms. The van der Waals surface area contributed by atoms with Gasteiger partial charge in [-0.05, 0) is 45.4 Å². The maximum atomic E-state index is 12.0. The fourth-order valence-corrected chi connectivity index (χ4v) is 3.54. The van der Waals surface area contributed by atoms with Crippen molar-refractivity contribution in [2.75, 3.05) is 0 Å². The van der Waals surface area contributed by atoms with E-state index in [1.165, 1.54) is 57.8 Å². The van der Waals surface area contributed by atoms with Crippen molar-refractivity contribution in [2.24, 2.45) is 0 Å². The molecule has 1 heterocycles. The topological polar surface area (TPSA) is 52.6 Å². The summed E-state index contributed by atoms with van der Waals surface area (Å²) in [5.41, 5.74) is 0. The van der Waals surface area contributed by atoms with Crippen LogP contribution >= 0.6 is 0 Å². The molecule has 1 atom stereocenters. The highest BCUT2D eigenvalue weighted by molar-refractivity contribution is 6.01. The lowest BCUT2D eigenvalue weighted by atomic mass is 10.1. The average molecular weight is 407 g/mol. The predicted molar refractivity (Wildman–Crippen MR) is 118 cm³/mol. The molecule has 1 rings (SSSR count). The maximum absolute atomic E-state index is 12.0. The van der Waals surface area contributed by atoms with Gasteiger partial charge < -0.3 is 9.47 Å². The van der Waals surface area contributed by atoms with E-state index in [1.54, 1.807) is 6.92 Å². The van der Waals surface area contributed by atoms with Crippen LogP contribution in [-0.2, 0) is 19.1 Å². The van der Waals surface area contributed by atoms with Gasteiger partial charge in [-0.3, -0.25) is 9.59 Å². The minimum Gasteiger partial charge on any atom is -0.483 e. The molecule has 166 valence electrons. The van der Waals surface area contributed by atoms with Crippen LogP contribution in [0.5, 0.6) is 0 Å². The predicted octanol–water partition coefficient (Wildman–Crippen LogP) is 7.18. The van der Waals surface area contributed by atoms with Gasteiger partial charge in [-0.15, -0.1) is 0 Å². The number of carbonyl (C=O) groups excluding carboxylic acids is 2. The van der Waals surface area contributed by atoms with E-state index >= 15 is 0 Å². The van der Waals surface area contributed by atoms with Crippen LogP contribution in [0, 0.1) is 0 Å². The van der Waals surface area contributed by atoms with Gasteiger partial charge >= 0.3 is 5.97 Å². The van der Waals surface area contributed by atoms with E-state index < -0.39 is 6.10 Å². The third-order valence-electron chi connectivity index (χ3n) is 5.38. The normalized spacial score (nSPS) is 16.7. The zero-order chi connectivity index (χ0) is 21.3. The van der Waals surface area contributed by atoms with Gasteiger partial charge in [-0.1, -0.05) is 77.4 Å². The molecule has 0 N–H and O–H groups in total. The third-order valence-corrected chi connectivity index (χ3v) is 5.38. The van der Waals surface area contributed by atoms with Crippen LogP contribution in [0.25, 0.3) is 0 Å². The molecule has 0 amide bonds. The van der Waals surface area contributed by atoms with E-state index in [-0.39, 0.29) is 17.5 Å². The van der Waals surface area contributed by atoms with Gasteiger partial charge in [0.05, 0.1) is 0 Å². The van der Waals surface area contributed by atoms with Gasteiger partial charge in [0.15, 0.2) is 6.10 Å². The van der Waals surface area contributed by atoms with E-state index in [9.17, 15) is 9.59 Å². The highest BCUT2D eigenvalue weighted by atomic mass is 16.6. The molecule has 0 saturated carbocycles. The average Bonchev–Trinajstić information content (AvgIpc) is 2.98. The van der Waals surface area contributed by atoms with Crippen molar-refractivity contribution in [1.29, 1.82) is 0 Å². The van der Waals surface area contributed by atoms with E-state index in [0.29, 0.717) is 18.6 Å². The second-order valence-electron chi connectivity index (χ2n) is 8.07. The summed E-state index contributed by atoms with van der Waals surface area (Å²) in [5.74, 6) is 0.00271. The molecule has 4 nitrogen and oxygen atoms in total. The smallest absolute Gasteiger partial charge is 0.311 e. The summed E-state index contributed by atoms with van der Waals surface area (Å²) in [6.45, 7) is 5.82. The van der Waals surface area contributed by atoms with Gasteiger partial charge in [0.25, 0.3) is 0 Å². The molecule has 1 aliphatic heterocycles. The monoisotopic (exact) mass is 406 g/mol. The Labute approximate surface area is 178 Å². The number of Topliss-reactive ketones (excluding diaryl/α,β-unsaturated/α-hetero) is 1. The minimum atomic E-state index is -0.488. The number of hydrogen-bond donors (Lipinski definition) is 0. The molecule has 4 heteroatoms. The molecule has 1 unspecified atom stereocenters. The summed E-state index contributed by atoms with van der Waals surface area (Å²) in [7, 11) is 0. The number of hydrogen-bond acceptors (Lipinski definition) is 4. The molecule has 0 aromatic heterocycles. The van der Waals surface area contributed by atoms with Gasteiger partial charge in [-0.25, -0.2) is 0 Å². The summed E-state index contributed by atoms with van der Waals surface area (Å²) in [6.07, 6.45) is 21.0. The highest BCUT2D eigenvalue weighted by Crippen LogP contribution is 2.24. The summed E-state index contributed by atoms with van der Waals surface area (Å²) < 4.78 is 10.7. The van der Waals surface area contributed by atoms with Crippen LogP contribution in [0.2, 0.25) is 0 Å². The first kappa shape index (κ1) is 25.5. The molecule has 0 aliphatic carbocycles. The largest absolute Gasteiger partial charge is 0.483 e. The number of carbonyl (C=O) groups is 2. The van der Waals surface area contributed by atoms with Crippen molar-refractivity contribution in [1.82, 2.24) is 0 Å². The lowest BCUT2D eigenvalue weighted by Gasteiger charge is -2.05. The first-order valence-corrected chi connectivity index (χ1v) is 11.9. The zero-order valence-electron chi connectivity index (χ0n) is 19.0. The summed E-state index contributed by atoms with van der Waals surface area (Å²) >= 11 is 0. The first-order chi connectivity index (χ1) is 14.1. The zero-order valence-corrected chi connectivity index (χ0v) is 19.0. The molecular weight excluding hydrogens is 364 g/mol. The quantitative estimate of drug-likeness (QED) is 0.146. The Hall–Kier alpha value is -1.58. The van der Waals surface area contributed by atoms with Gasteiger partial charge in [0.1, 0.15) is 5.76 Å². The Bertz CT molecular complexity index is 533. The Morgan fingerprint density at radius 2 is 1.45 bits per heavy atom. The Balaban J connectivity index is 1.94. The van der Waals surface area contributed by atoms with E-state index in [1.807, 2.05) is 6.92 Å². The van der Waals surface area contributed by atoms with Gasteiger partial charge in [-0.2, -0.15) is 0 Å². The van der Waals surface area contributed by atoms with Crippen LogP contribution in [0.3, 0.4) is 0 Å². The maximum Gasteiger partial charge on any atom is 0.311 e. The molecule has 1 aliphatic rings. The Kier molecular flexibility index (Phi) is 14.3. The van der Waals surface area contributed by atoms with Crippen molar-refractivity contribution >= 4 is 11.8 Å². The summed E-state index contributed by atoms with van der Waals surface area (Å²) in [6, 6.07) is 0. The second kappa shape index (κ2) is 16.2. The van der Waals surface area contributed by atoms with Gasteiger partial charge in [0, 0.05) is 6.42 Å². The van der Waals surface area contributed by atoms with Crippen LogP contribution in [0.1, 0.15) is 117 Å². The molecule has 0 aromatic rings. The fourth-order valence-electron chi connectivity index (χ4n) is 3.54.